The minimum absolute atomic E-state index is 0.320. The fourth-order valence-electron chi connectivity index (χ4n) is 4.05. The second-order valence-corrected chi connectivity index (χ2v) is 9.55. The van der Waals surface area contributed by atoms with Gasteiger partial charge in [0.1, 0.15) is 5.65 Å². The van der Waals surface area contributed by atoms with E-state index in [1.807, 2.05) is 72.2 Å². The molecule has 0 saturated carbocycles. The number of nitrogens with zero attached hydrogens (tertiary/aromatic N) is 2. The van der Waals surface area contributed by atoms with Crippen molar-refractivity contribution in [2.75, 3.05) is 4.72 Å². The molecule has 2 aromatic heterocycles. The molecule has 30 heavy (non-hydrogen) atoms. The topological polar surface area (TPSA) is 63.5 Å². The molecule has 0 saturated heterocycles. The van der Waals surface area contributed by atoms with Crippen LogP contribution in [-0.4, -0.2) is 17.8 Å². The number of nitrogens with one attached hydrogen (secondary N) is 1. The predicted octanol–water partition coefficient (Wildman–Crippen LogP) is 4.99. The standard InChI is InChI=1S/C24H23N3O2S/c1-17-9-10-20(23-16-27-13-5-4-8-24(27)25-23)15-22(17)26-30(28,29)21-12-11-18-6-2-3-7-19(18)14-21/h4-5,8-16,26H,2-3,6-7H2,1H3. The summed E-state index contributed by atoms with van der Waals surface area (Å²) in [5.74, 6) is 0. The predicted molar refractivity (Wildman–Crippen MR) is 119 cm³/mol. The molecule has 0 atom stereocenters. The van der Waals surface area contributed by atoms with Crippen LogP contribution in [0.2, 0.25) is 0 Å². The van der Waals surface area contributed by atoms with Crippen LogP contribution in [0.4, 0.5) is 5.69 Å². The molecule has 0 spiro atoms. The Morgan fingerprint density at radius 1 is 0.967 bits per heavy atom. The lowest BCUT2D eigenvalue weighted by Crippen LogP contribution is -2.15. The lowest BCUT2D eigenvalue weighted by atomic mass is 9.92. The summed E-state index contributed by atoms with van der Waals surface area (Å²) in [4.78, 5) is 4.96. The summed E-state index contributed by atoms with van der Waals surface area (Å²) >= 11 is 0. The Balaban J connectivity index is 1.49. The van der Waals surface area contributed by atoms with E-state index in [1.165, 1.54) is 12.0 Å². The highest BCUT2D eigenvalue weighted by atomic mass is 32.2. The Hall–Kier alpha value is -3.12. The summed E-state index contributed by atoms with van der Waals surface area (Å²) in [7, 11) is -3.67. The van der Waals surface area contributed by atoms with Crippen molar-refractivity contribution < 1.29 is 8.42 Å². The van der Waals surface area contributed by atoms with E-state index in [0.29, 0.717) is 10.6 Å². The van der Waals surface area contributed by atoms with Gasteiger partial charge in [-0.15, -0.1) is 0 Å². The zero-order valence-electron chi connectivity index (χ0n) is 16.8. The van der Waals surface area contributed by atoms with E-state index in [4.69, 9.17) is 0 Å². The van der Waals surface area contributed by atoms with E-state index < -0.39 is 10.0 Å². The van der Waals surface area contributed by atoms with Crippen LogP contribution in [0.5, 0.6) is 0 Å². The van der Waals surface area contributed by atoms with Gasteiger partial charge in [-0.1, -0.05) is 24.3 Å². The van der Waals surface area contributed by atoms with Crippen LogP contribution in [0.15, 0.2) is 71.9 Å². The number of hydrogen-bond donors (Lipinski definition) is 1. The smallest absolute Gasteiger partial charge is 0.261 e. The summed E-state index contributed by atoms with van der Waals surface area (Å²) in [6.07, 6.45) is 8.16. The summed E-state index contributed by atoms with van der Waals surface area (Å²) in [6, 6.07) is 17.1. The Morgan fingerprint density at radius 2 is 1.80 bits per heavy atom. The van der Waals surface area contributed by atoms with Gasteiger partial charge in [-0.3, -0.25) is 4.72 Å². The lowest BCUT2D eigenvalue weighted by Gasteiger charge is -2.17. The first-order valence-electron chi connectivity index (χ1n) is 10.2. The summed E-state index contributed by atoms with van der Waals surface area (Å²) in [5, 5.41) is 0. The monoisotopic (exact) mass is 417 g/mol. The average Bonchev–Trinajstić information content (AvgIpc) is 3.19. The number of rotatable bonds is 4. The maximum Gasteiger partial charge on any atom is 0.261 e. The van der Waals surface area contributed by atoms with Gasteiger partial charge in [-0.05, 0) is 79.6 Å². The highest BCUT2D eigenvalue weighted by molar-refractivity contribution is 7.92. The summed E-state index contributed by atoms with van der Waals surface area (Å²) in [5.41, 5.74) is 6.38. The van der Waals surface area contributed by atoms with Gasteiger partial charge in [-0.25, -0.2) is 13.4 Å². The molecule has 5 nitrogen and oxygen atoms in total. The fourth-order valence-corrected chi connectivity index (χ4v) is 5.22. The number of sulfonamides is 1. The van der Waals surface area contributed by atoms with E-state index in [2.05, 4.69) is 9.71 Å². The maximum absolute atomic E-state index is 13.1. The molecule has 152 valence electrons. The highest BCUT2D eigenvalue weighted by Crippen LogP contribution is 2.29. The van der Waals surface area contributed by atoms with E-state index in [1.54, 1.807) is 6.07 Å². The van der Waals surface area contributed by atoms with Crippen molar-refractivity contribution in [1.82, 2.24) is 9.38 Å². The lowest BCUT2D eigenvalue weighted by molar-refractivity contribution is 0.600. The maximum atomic E-state index is 13.1. The summed E-state index contributed by atoms with van der Waals surface area (Å²) < 4.78 is 30.9. The Labute approximate surface area is 176 Å². The van der Waals surface area contributed by atoms with Gasteiger partial charge in [-0.2, -0.15) is 0 Å². The van der Waals surface area contributed by atoms with Crippen LogP contribution in [0.25, 0.3) is 16.9 Å². The van der Waals surface area contributed by atoms with Crippen molar-refractivity contribution in [2.24, 2.45) is 0 Å². The van der Waals surface area contributed by atoms with Crippen molar-refractivity contribution >= 4 is 21.4 Å². The van der Waals surface area contributed by atoms with Gasteiger partial charge in [0, 0.05) is 18.0 Å². The SMILES string of the molecule is Cc1ccc(-c2cn3ccccc3n2)cc1NS(=O)(=O)c1ccc2c(c1)CCCC2. The number of aryl methyl sites for hydroxylation is 3. The highest BCUT2D eigenvalue weighted by Gasteiger charge is 2.19. The fraction of sp³-hybridized carbons (Fsp3) is 0.208. The average molecular weight is 418 g/mol. The van der Waals surface area contributed by atoms with E-state index in [-0.39, 0.29) is 0 Å². The molecular weight excluding hydrogens is 394 g/mol. The van der Waals surface area contributed by atoms with Crippen LogP contribution >= 0.6 is 0 Å². The molecule has 1 N–H and O–H groups in total. The molecule has 1 aliphatic rings. The Kier molecular flexibility index (Phi) is 4.59. The minimum atomic E-state index is -3.67. The molecule has 1 aliphatic carbocycles. The number of benzene rings is 2. The number of pyridine rings is 1. The van der Waals surface area contributed by atoms with E-state index in [9.17, 15) is 8.42 Å². The van der Waals surface area contributed by atoms with Crippen molar-refractivity contribution in [1.29, 1.82) is 0 Å². The number of imidazole rings is 1. The molecule has 6 heteroatoms. The zero-order chi connectivity index (χ0) is 20.7. The molecule has 0 fully saturated rings. The molecule has 5 rings (SSSR count). The quantitative estimate of drug-likeness (QED) is 0.509. The first kappa shape index (κ1) is 18.9. The molecule has 0 unspecified atom stereocenters. The second kappa shape index (κ2) is 7.29. The van der Waals surface area contributed by atoms with Crippen molar-refractivity contribution in [2.45, 2.75) is 37.5 Å². The van der Waals surface area contributed by atoms with E-state index in [0.717, 1.165) is 47.3 Å². The second-order valence-electron chi connectivity index (χ2n) is 7.87. The Morgan fingerprint density at radius 3 is 2.63 bits per heavy atom. The normalized spacial score (nSPS) is 13.9. The summed E-state index contributed by atoms with van der Waals surface area (Å²) in [6.45, 7) is 1.90. The number of anilines is 1. The first-order chi connectivity index (χ1) is 14.5. The Bertz CT molecular complexity index is 1320. The minimum Gasteiger partial charge on any atom is -0.306 e. The van der Waals surface area contributed by atoms with Gasteiger partial charge in [0.05, 0.1) is 16.3 Å². The van der Waals surface area contributed by atoms with Gasteiger partial charge >= 0.3 is 0 Å². The molecular formula is C24H23N3O2S. The molecule has 0 bridgehead atoms. The van der Waals surface area contributed by atoms with Gasteiger partial charge < -0.3 is 4.40 Å². The van der Waals surface area contributed by atoms with Crippen molar-refractivity contribution in [3.05, 3.63) is 83.7 Å². The first-order valence-corrected chi connectivity index (χ1v) is 11.7. The molecule has 0 aliphatic heterocycles. The van der Waals surface area contributed by atoms with Crippen LogP contribution in [0.3, 0.4) is 0 Å². The molecule has 0 radical (unpaired) electrons. The molecule has 4 aromatic rings. The van der Waals surface area contributed by atoms with E-state index >= 15 is 0 Å². The van der Waals surface area contributed by atoms with Crippen LogP contribution in [0.1, 0.15) is 29.5 Å². The number of aromatic nitrogens is 2. The number of fused-ring (bicyclic) bond motifs is 2. The third kappa shape index (κ3) is 3.48. The van der Waals surface area contributed by atoms with Crippen molar-refractivity contribution in [3.63, 3.8) is 0 Å². The third-order valence-electron chi connectivity index (χ3n) is 5.77. The molecule has 2 aromatic carbocycles. The van der Waals surface area contributed by atoms with Gasteiger partial charge in [0.25, 0.3) is 10.0 Å². The number of hydrogen-bond acceptors (Lipinski definition) is 3. The molecule has 0 amide bonds. The van der Waals surface area contributed by atoms with Crippen molar-refractivity contribution in [3.8, 4) is 11.3 Å². The van der Waals surface area contributed by atoms with Crippen LogP contribution < -0.4 is 4.72 Å². The third-order valence-corrected chi connectivity index (χ3v) is 7.14. The van der Waals surface area contributed by atoms with Gasteiger partial charge in [0.15, 0.2) is 0 Å². The largest absolute Gasteiger partial charge is 0.306 e. The van der Waals surface area contributed by atoms with Crippen LogP contribution in [0, 0.1) is 6.92 Å². The zero-order valence-corrected chi connectivity index (χ0v) is 17.6. The van der Waals surface area contributed by atoms with Crippen LogP contribution in [-0.2, 0) is 22.9 Å². The van der Waals surface area contributed by atoms with Gasteiger partial charge in [0.2, 0.25) is 0 Å². The molecule has 2 heterocycles.